The first kappa shape index (κ1) is 18.9. The largest absolute Gasteiger partial charge is 0.370 e. The molecule has 1 saturated heterocycles. The van der Waals surface area contributed by atoms with Gasteiger partial charge in [-0.05, 0) is 0 Å². The Morgan fingerprint density at radius 1 is 0.933 bits per heavy atom. The van der Waals surface area contributed by atoms with Gasteiger partial charge in [0.05, 0.1) is 33.4 Å². The molecule has 1 fully saturated rings. The normalized spacial score (nSPS) is 17.5. The highest BCUT2D eigenvalue weighted by Crippen LogP contribution is 2.31. The lowest BCUT2D eigenvalue weighted by molar-refractivity contribution is -0.917. The van der Waals surface area contributed by atoms with Crippen LogP contribution in [-0.2, 0) is 11.3 Å². The summed E-state index contributed by atoms with van der Waals surface area (Å²) < 4.78 is 8.36. The summed E-state index contributed by atoms with van der Waals surface area (Å²) in [5.74, 6) is 0.373. The van der Waals surface area contributed by atoms with E-state index in [2.05, 4.69) is 7.05 Å². The van der Waals surface area contributed by atoms with Crippen molar-refractivity contribution in [3.63, 3.8) is 0 Å². The third kappa shape index (κ3) is 3.09. The van der Waals surface area contributed by atoms with E-state index in [1.165, 1.54) is 0 Å². The van der Waals surface area contributed by atoms with Gasteiger partial charge in [0.1, 0.15) is 30.3 Å². The van der Waals surface area contributed by atoms with E-state index in [9.17, 15) is 9.59 Å². The highest BCUT2D eigenvalue weighted by atomic mass is 16.5. The van der Waals surface area contributed by atoms with E-state index in [0.717, 1.165) is 42.9 Å². The van der Waals surface area contributed by atoms with Crippen molar-refractivity contribution in [3.8, 4) is 11.4 Å². The van der Waals surface area contributed by atoms with Crippen molar-refractivity contribution in [2.75, 3.05) is 39.9 Å². The molecule has 2 heterocycles. The topological polar surface area (TPSA) is 61.2 Å². The number of imidazole rings is 1. The maximum atomic E-state index is 13.4. The Kier molecular flexibility index (Phi) is 4.60. The maximum Gasteiger partial charge on any atom is 0.214 e. The van der Waals surface area contributed by atoms with Gasteiger partial charge in [0.25, 0.3) is 0 Å². The van der Waals surface area contributed by atoms with Gasteiger partial charge in [-0.2, -0.15) is 0 Å². The number of fused-ring (bicyclic) bond motifs is 2. The average molecular weight is 402 g/mol. The summed E-state index contributed by atoms with van der Waals surface area (Å²) >= 11 is 0. The molecule has 0 saturated carbocycles. The van der Waals surface area contributed by atoms with Crippen molar-refractivity contribution in [3.05, 3.63) is 77.1 Å². The van der Waals surface area contributed by atoms with Crippen LogP contribution in [0.4, 0.5) is 0 Å². The van der Waals surface area contributed by atoms with Crippen molar-refractivity contribution in [1.82, 2.24) is 9.55 Å². The number of benzene rings is 2. The van der Waals surface area contributed by atoms with Crippen LogP contribution in [0.5, 0.6) is 0 Å². The molecule has 0 N–H and O–H groups in total. The quantitative estimate of drug-likeness (QED) is 0.493. The van der Waals surface area contributed by atoms with Crippen molar-refractivity contribution in [1.29, 1.82) is 0 Å². The standard InChI is InChI=1S/C24H24N3O3/c1-27(13-15-30-16-14-27)12-11-26-21-20(25-24(26)17-7-3-2-4-8-17)22(28)18-9-5-6-10-19(18)23(21)29/h2-10H,11-16H2,1H3/q+1. The average Bonchev–Trinajstić information content (AvgIpc) is 3.17. The van der Waals surface area contributed by atoms with Gasteiger partial charge in [-0.25, -0.2) is 4.98 Å². The van der Waals surface area contributed by atoms with Gasteiger partial charge < -0.3 is 13.8 Å². The third-order valence-corrected chi connectivity index (χ3v) is 6.26. The summed E-state index contributed by atoms with van der Waals surface area (Å²) in [7, 11) is 2.22. The Morgan fingerprint density at radius 2 is 1.57 bits per heavy atom. The van der Waals surface area contributed by atoms with Gasteiger partial charge in [0, 0.05) is 16.7 Å². The molecule has 1 aliphatic heterocycles. The van der Waals surface area contributed by atoms with Gasteiger partial charge in [0.2, 0.25) is 11.6 Å². The minimum atomic E-state index is -0.178. The van der Waals surface area contributed by atoms with E-state index in [1.807, 2.05) is 34.9 Å². The van der Waals surface area contributed by atoms with E-state index >= 15 is 0 Å². The molecule has 0 amide bonds. The Bertz CT molecular complexity index is 1130. The maximum absolute atomic E-state index is 13.4. The molecule has 152 valence electrons. The zero-order valence-electron chi connectivity index (χ0n) is 17.0. The summed E-state index contributed by atoms with van der Waals surface area (Å²) in [5.41, 5.74) is 2.48. The van der Waals surface area contributed by atoms with E-state index in [-0.39, 0.29) is 17.3 Å². The lowest BCUT2D eigenvalue weighted by atomic mass is 9.90. The minimum Gasteiger partial charge on any atom is -0.370 e. The van der Waals surface area contributed by atoms with Crippen molar-refractivity contribution >= 4 is 11.6 Å². The van der Waals surface area contributed by atoms with Crippen molar-refractivity contribution in [2.24, 2.45) is 0 Å². The molecule has 6 heteroatoms. The number of aromatic nitrogens is 2. The van der Waals surface area contributed by atoms with Gasteiger partial charge >= 0.3 is 0 Å². The zero-order valence-corrected chi connectivity index (χ0v) is 17.0. The fourth-order valence-corrected chi connectivity index (χ4v) is 4.35. The molecule has 5 rings (SSSR count). The van der Waals surface area contributed by atoms with Crippen LogP contribution in [0.3, 0.4) is 0 Å². The molecular formula is C24H24N3O3+. The number of likely N-dealkylation sites (N-methyl/N-ethyl adjacent to an activating group) is 1. The van der Waals surface area contributed by atoms with Crippen molar-refractivity contribution < 1.29 is 18.8 Å². The Labute approximate surface area is 175 Å². The van der Waals surface area contributed by atoms with Crippen LogP contribution in [0.1, 0.15) is 32.1 Å². The molecule has 1 aliphatic carbocycles. The van der Waals surface area contributed by atoms with Crippen LogP contribution in [0.25, 0.3) is 11.4 Å². The van der Waals surface area contributed by atoms with E-state index < -0.39 is 0 Å². The fraction of sp³-hybridized carbons (Fsp3) is 0.292. The molecule has 3 aromatic rings. The molecule has 2 aliphatic rings. The molecular weight excluding hydrogens is 378 g/mol. The zero-order chi connectivity index (χ0) is 20.7. The molecule has 1 aromatic heterocycles. The van der Waals surface area contributed by atoms with E-state index in [0.29, 0.717) is 29.2 Å². The van der Waals surface area contributed by atoms with E-state index in [4.69, 9.17) is 9.72 Å². The second kappa shape index (κ2) is 7.31. The first-order valence-corrected chi connectivity index (χ1v) is 10.3. The number of hydrogen-bond donors (Lipinski definition) is 0. The Morgan fingerprint density at radius 3 is 2.27 bits per heavy atom. The van der Waals surface area contributed by atoms with Crippen LogP contribution in [0, 0.1) is 0 Å². The summed E-state index contributed by atoms with van der Waals surface area (Å²) in [4.78, 5) is 31.3. The molecule has 0 spiro atoms. The fourth-order valence-electron chi connectivity index (χ4n) is 4.35. The SMILES string of the molecule is C[N+]1(CCn2c(-c3ccccc3)nc3c2C(=O)c2ccccc2C3=O)CCOCC1. The van der Waals surface area contributed by atoms with Gasteiger partial charge in [-0.15, -0.1) is 0 Å². The number of nitrogens with zero attached hydrogens (tertiary/aromatic N) is 3. The van der Waals surface area contributed by atoms with Crippen LogP contribution < -0.4 is 0 Å². The minimum absolute atomic E-state index is 0.125. The van der Waals surface area contributed by atoms with Crippen LogP contribution in [0.2, 0.25) is 0 Å². The van der Waals surface area contributed by atoms with Crippen LogP contribution in [0.15, 0.2) is 54.6 Å². The second-order valence-corrected chi connectivity index (χ2v) is 8.26. The number of ketones is 2. The number of quaternary nitrogens is 1. The Hall–Kier alpha value is -3.09. The first-order chi connectivity index (χ1) is 14.6. The lowest BCUT2D eigenvalue weighted by Gasteiger charge is -2.37. The summed E-state index contributed by atoms with van der Waals surface area (Å²) in [5, 5.41) is 0. The molecule has 0 atom stereocenters. The third-order valence-electron chi connectivity index (χ3n) is 6.26. The van der Waals surface area contributed by atoms with Crippen molar-refractivity contribution in [2.45, 2.75) is 6.54 Å². The number of hydrogen-bond acceptors (Lipinski definition) is 4. The highest BCUT2D eigenvalue weighted by molar-refractivity contribution is 6.27. The number of carbonyl (C=O) groups excluding carboxylic acids is 2. The highest BCUT2D eigenvalue weighted by Gasteiger charge is 2.36. The molecule has 0 unspecified atom stereocenters. The van der Waals surface area contributed by atoms with Crippen LogP contribution in [-0.4, -0.2) is 65.5 Å². The Balaban J connectivity index is 1.62. The number of morpholine rings is 1. The molecule has 2 aromatic carbocycles. The van der Waals surface area contributed by atoms with Gasteiger partial charge in [0.15, 0.2) is 0 Å². The molecule has 0 radical (unpaired) electrons. The smallest absolute Gasteiger partial charge is 0.214 e. The first-order valence-electron chi connectivity index (χ1n) is 10.3. The predicted molar refractivity (Wildman–Crippen MR) is 113 cm³/mol. The molecule has 6 nitrogen and oxygen atoms in total. The number of rotatable bonds is 4. The number of carbonyl (C=O) groups is 2. The number of ether oxygens (including phenoxy) is 1. The summed E-state index contributed by atoms with van der Waals surface area (Å²) in [6, 6.07) is 16.8. The lowest BCUT2D eigenvalue weighted by Crippen LogP contribution is -2.53. The van der Waals surface area contributed by atoms with Gasteiger partial charge in [-0.3, -0.25) is 9.59 Å². The summed E-state index contributed by atoms with van der Waals surface area (Å²) in [6.45, 7) is 4.82. The van der Waals surface area contributed by atoms with Crippen LogP contribution >= 0.6 is 0 Å². The van der Waals surface area contributed by atoms with E-state index in [1.54, 1.807) is 24.3 Å². The second-order valence-electron chi connectivity index (χ2n) is 8.26. The van der Waals surface area contributed by atoms with Gasteiger partial charge in [-0.1, -0.05) is 54.6 Å². The summed E-state index contributed by atoms with van der Waals surface area (Å²) in [6.07, 6.45) is 0. The molecule has 30 heavy (non-hydrogen) atoms. The predicted octanol–water partition coefficient (Wildman–Crippen LogP) is 2.80. The monoisotopic (exact) mass is 402 g/mol. The molecule has 0 bridgehead atoms.